The second kappa shape index (κ2) is 6.16. The Labute approximate surface area is 127 Å². The van der Waals surface area contributed by atoms with Crippen LogP contribution < -0.4 is 10.5 Å². The fraction of sp³-hybridized carbons (Fsp3) is 0.500. The van der Waals surface area contributed by atoms with Gasteiger partial charge in [0.15, 0.2) is 0 Å². The number of anilines is 1. The fourth-order valence-corrected chi connectivity index (χ4v) is 2.85. The predicted molar refractivity (Wildman–Crippen MR) is 78.0 cm³/mol. The first kappa shape index (κ1) is 16.6. The molecule has 122 valence electrons. The van der Waals surface area contributed by atoms with Crippen LogP contribution in [0.5, 0.6) is 0 Å². The minimum atomic E-state index is -4.03. The summed E-state index contributed by atoms with van der Waals surface area (Å²) in [4.78, 5) is 10.1. The molecule has 0 saturated carbocycles. The van der Waals surface area contributed by atoms with Crippen LogP contribution in [0.2, 0.25) is 0 Å². The van der Waals surface area contributed by atoms with Gasteiger partial charge in [0.25, 0.3) is 5.69 Å². The van der Waals surface area contributed by atoms with Gasteiger partial charge in [0.05, 0.1) is 22.0 Å². The zero-order chi connectivity index (χ0) is 16.4. The molecule has 10 heteroatoms. The number of hydrogen-bond acceptors (Lipinski definition) is 7. The molecule has 1 aliphatic rings. The highest BCUT2D eigenvalue weighted by atomic mass is 32.2. The molecule has 0 aliphatic carbocycles. The lowest BCUT2D eigenvalue weighted by Crippen LogP contribution is -2.47. The van der Waals surface area contributed by atoms with Gasteiger partial charge in [-0.05, 0) is 25.0 Å². The number of ether oxygens (including phenoxy) is 1. The van der Waals surface area contributed by atoms with Gasteiger partial charge in [0.1, 0.15) is 5.69 Å². The van der Waals surface area contributed by atoms with Gasteiger partial charge in [-0.15, -0.1) is 0 Å². The van der Waals surface area contributed by atoms with Gasteiger partial charge in [-0.25, -0.2) is 13.6 Å². The van der Waals surface area contributed by atoms with Crippen molar-refractivity contribution in [3.63, 3.8) is 0 Å². The van der Waals surface area contributed by atoms with Crippen LogP contribution in [0.15, 0.2) is 23.1 Å². The van der Waals surface area contributed by atoms with Crippen LogP contribution in [0.4, 0.5) is 11.4 Å². The maximum Gasteiger partial charge on any atom is 0.293 e. The van der Waals surface area contributed by atoms with E-state index in [0.29, 0.717) is 26.1 Å². The molecule has 0 radical (unpaired) electrons. The highest BCUT2D eigenvalue weighted by molar-refractivity contribution is 7.89. The van der Waals surface area contributed by atoms with Crippen LogP contribution in [-0.2, 0) is 14.8 Å². The Morgan fingerprint density at radius 2 is 2.05 bits per heavy atom. The highest BCUT2D eigenvalue weighted by Crippen LogP contribution is 2.32. The van der Waals surface area contributed by atoms with E-state index in [1.165, 1.54) is 12.1 Å². The molecular formula is C12H17N3O6S. The third-order valence-electron chi connectivity index (χ3n) is 3.65. The Morgan fingerprint density at radius 1 is 1.41 bits per heavy atom. The van der Waals surface area contributed by atoms with Gasteiger partial charge in [-0.3, -0.25) is 10.1 Å². The number of nitrogens with zero attached hydrogens (tertiary/aromatic N) is 1. The smallest absolute Gasteiger partial charge is 0.293 e. The van der Waals surface area contributed by atoms with Crippen molar-refractivity contribution in [3.8, 4) is 0 Å². The molecule has 0 unspecified atom stereocenters. The molecule has 22 heavy (non-hydrogen) atoms. The molecule has 1 fully saturated rings. The number of rotatable bonds is 5. The average Bonchev–Trinajstić information content (AvgIpc) is 2.47. The molecule has 1 heterocycles. The van der Waals surface area contributed by atoms with E-state index < -0.39 is 26.2 Å². The van der Waals surface area contributed by atoms with E-state index in [4.69, 9.17) is 9.88 Å². The van der Waals surface area contributed by atoms with Crippen molar-refractivity contribution in [2.75, 3.05) is 25.1 Å². The normalized spacial score (nSPS) is 17.9. The third-order valence-corrected chi connectivity index (χ3v) is 4.56. The van der Waals surface area contributed by atoms with E-state index in [1.807, 2.05) is 0 Å². The van der Waals surface area contributed by atoms with Crippen LogP contribution in [0, 0.1) is 10.1 Å². The maximum atomic E-state index is 11.3. The van der Waals surface area contributed by atoms with Crippen molar-refractivity contribution in [3.05, 3.63) is 28.3 Å². The summed E-state index contributed by atoms with van der Waals surface area (Å²) in [6, 6.07) is 3.38. The van der Waals surface area contributed by atoms with Crippen molar-refractivity contribution in [1.82, 2.24) is 0 Å². The summed E-state index contributed by atoms with van der Waals surface area (Å²) >= 11 is 0. The number of nitrogens with one attached hydrogen (secondary N) is 1. The molecule has 0 aromatic heterocycles. The van der Waals surface area contributed by atoms with Crippen molar-refractivity contribution < 1.29 is 23.2 Å². The number of sulfonamides is 1. The Hall–Kier alpha value is -1.75. The van der Waals surface area contributed by atoms with E-state index in [9.17, 15) is 23.6 Å². The van der Waals surface area contributed by atoms with Crippen LogP contribution >= 0.6 is 0 Å². The summed E-state index contributed by atoms with van der Waals surface area (Å²) in [6.07, 6.45) is 0.967. The highest BCUT2D eigenvalue weighted by Gasteiger charge is 2.34. The molecule has 0 amide bonds. The number of nitrogens with two attached hydrogens (primary N) is 1. The number of aliphatic hydroxyl groups is 1. The van der Waals surface area contributed by atoms with Gasteiger partial charge in [-0.1, -0.05) is 0 Å². The Bertz CT molecular complexity index is 669. The molecule has 0 atom stereocenters. The molecule has 9 nitrogen and oxygen atoms in total. The van der Waals surface area contributed by atoms with Gasteiger partial charge < -0.3 is 15.2 Å². The quantitative estimate of drug-likeness (QED) is 0.516. The number of hydrogen-bond donors (Lipinski definition) is 3. The van der Waals surface area contributed by atoms with E-state index in [1.54, 1.807) is 0 Å². The van der Waals surface area contributed by atoms with Crippen molar-refractivity contribution in [2.45, 2.75) is 23.3 Å². The molecule has 0 spiro atoms. The van der Waals surface area contributed by atoms with Crippen molar-refractivity contribution in [2.24, 2.45) is 5.14 Å². The number of nitro groups is 1. The summed E-state index contributed by atoms with van der Waals surface area (Å²) in [7, 11) is -4.03. The first-order valence-electron chi connectivity index (χ1n) is 6.55. The Balaban J connectivity index is 2.40. The third kappa shape index (κ3) is 3.53. The van der Waals surface area contributed by atoms with Gasteiger partial charge in [-0.2, -0.15) is 0 Å². The van der Waals surface area contributed by atoms with E-state index >= 15 is 0 Å². The van der Waals surface area contributed by atoms with Gasteiger partial charge in [0, 0.05) is 19.3 Å². The molecule has 0 bridgehead atoms. The number of primary sulfonamides is 1. The van der Waals surface area contributed by atoms with Crippen LogP contribution in [0.25, 0.3) is 0 Å². The lowest BCUT2D eigenvalue weighted by atomic mass is 9.90. The number of nitro benzene ring substituents is 1. The summed E-state index contributed by atoms with van der Waals surface area (Å²) < 4.78 is 27.8. The predicted octanol–water partition coefficient (Wildman–Crippen LogP) is 0.196. The Kier molecular flexibility index (Phi) is 4.66. The molecule has 1 saturated heterocycles. The fourth-order valence-electron chi connectivity index (χ4n) is 2.32. The SMILES string of the molecule is NS(=O)(=O)c1ccc(NC2(CO)CCOCC2)c([N+](=O)[O-])c1. The van der Waals surface area contributed by atoms with Crippen LogP contribution in [-0.4, -0.2) is 43.8 Å². The zero-order valence-electron chi connectivity index (χ0n) is 11.7. The number of benzene rings is 1. The van der Waals surface area contributed by atoms with Crippen molar-refractivity contribution in [1.29, 1.82) is 0 Å². The van der Waals surface area contributed by atoms with E-state index in [2.05, 4.69) is 5.32 Å². The molecule has 1 aromatic carbocycles. The maximum absolute atomic E-state index is 11.3. The van der Waals surface area contributed by atoms with E-state index in [-0.39, 0.29) is 17.2 Å². The lowest BCUT2D eigenvalue weighted by molar-refractivity contribution is -0.384. The second-order valence-electron chi connectivity index (χ2n) is 5.16. The summed E-state index contributed by atoms with van der Waals surface area (Å²) in [5.41, 5.74) is -1.01. The average molecular weight is 331 g/mol. The summed E-state index contributed by atoms with van der Waals surface area (Å²) in [6.45, 7) is 0.637. The van der Waals surface area contributed by atoms with Crippen LogP contribution in [0.1, 0.15) is 12.8 Å². The van der Waals surface area contributed by atoms with Gasteiger partial charge >= 0.3 is 0 Å². The molecule has 2 rings (SSSR count). The standard InChI is InChI=1S/C12H17N3O6S/c13-22(19,20)9-1-2-10(11(7-9)15(17)18)14-12(8-16)3-5-21-6-4-12/h1-2,7,14,16H,3-6,8H2,(H2,13,19,20). The summed E-state index contributed by atoms with van der Waals surface area (Å²) in [5.74, 6) is 0. The number of aliphatic hydroxyl groups excluding tert-OH is 1. The van der Waals surface area contributed by atoms with Crippen LogP contribution in [0.3, 0.4) is 0 Å². The second-order valence-corrected chi connectivity index (χ2v) is 6.72. The first-order chi connectivity index (χ1) is 10.3. The van der Waals surface area contributed by atoms with Crippen molar-refractivity contribution >= 4 is 21.4 Å². The lowest BCUT2D eigenvalue weighted by Gasteiger charge is -2.37. The van der Waals surface area contributed by atoms with E-state index in [0.717, 1.165) is 6.07 Å². The Morgan fingerprint density at radius 3 is 2.55 bits per heavy atom. The molecular weight excluding hydrogens is 314 g/mol. The minimum Gasteiger partial charge on any atom is -0.394 e. The summed E-state index contributed by atoms with van der Waals surface area (Å²) in [5, 5.41) is 28.7. The largest absolute Gasteiger partial charge is 0.394 e. The molecule has 1 aliphatic heterocycles. The molecule has 4 N–H and O–H groups in total. The first-order valence-corrected chi connectivity index (χ1v) is 8.10. The topological polar surface area (TPSA) is 145 Å². The minimum absolute atomic E-state index is 0.133. The monoisotopic (exact) mass is 331 g/mol. The van der Waals surface area contributed by atoms with Gasteiger partial charge in [0.2, 0.25) is 10.0 Å². The molecule has 1 aromatic rings. The zero-order valence-corrected chi connectivity index (χ0v) is 12.5.